The van der Waals surface area contributed by atoms with Crippen LogP contribution < -0.4 is 0 Å². The van der Waals surface area contributed by atoms with Crippen molar-refractivity contribution in [3.05, 3.63) is 34.1 Å². The molecule has 0 heterocycles. The van der Waals surface area contributed by atoms with Crippen LogP contribution in [0.2, 0.25) is 5.02 Å². The van der Waals surface area contributed by atoms with E-state index in [1.54, 1.807) is 13.8 Å². The van der Waals surface area contributed by atoms with Crippen LogP contribution in [-0.2, 0) is 4.74 Å². The summed E-state index contributed by atoms with van der Waals surface area (Å²) >= 11 is 5.72. The molecule has 0 saturated heterocycles. The number of halogens is 2. The van der Waals surface area contributed by atoms with Crippen LogP contribution in [-0.4, -0.2) is 12.6 Å². The summed E-state index contributed by atoms with van der Waals surface area (Å²) in [5.74, 6) is -1.06. The average molecular weight is 217 g/mol. The van der Waals surface area contributed by atoms with Crippen molar-refractivity contribution >= 4 is 17.6 Å². The van der Waals surface area contributed by atoms with Crippen molar-refractivity contribution in [3.8, 4) is 0 Å². The Bertz CT molecular complexity index is 340. The van der Waals surface area contributed by atoms with Crippen molar-refractivity contribution in [3.63, 3.8) is 0 Å². The molecule has 0 N–H and O–H groups in total. The smallest absolute Gasteiger partial charge is 0.338 e. The van der Waals surface area contributed by atoms with Gasteiger partial charge in [0.05, 0.1) is 12.2 Å². The molecule has 14 heavy (non-hydrogen) atoms. The molecule has 0 saturated carbocycles. The predicted molar refractivity (Wildman–Crippen MR) is 52.1 cm³/mol. The number of carbonyl (C=O) groups excluding carboxylic acids is 1. The van der Waals surface area contributed by atoms with Gasteiger partial charge in [0.1, 0.15) is 5.82 Å². The summed E-state index contributed by atoms with van der Waals surface area (Å²) in [5.41, 5.74) is 0.472. The Morgan fingerprint density at radius 1 is 1.57 bits per heavy atom. The van der Waals surface area contributed by atoms with E-state index in [0.717, 1.165) is 6.07 Å². The van der Waals surface area contributed by atoms with E-state index in [1.165, 1.54) is 6.07 Å². The van der Waals surface area contributed by atoms with Crippen LogP contribution in [0, 0.1) is 12.7 Å². The van der Waals surface area contributed by atoms with Crippen molar-refractivity contribution in [1.82, 2.24) is 0 Å². The second-order valence-corrected chi connectivity index (χ2v) is 3.19. The highest BCUT2D eigenvalue weighted by atomic mass is 35.5. The number of hydrogen-bond acceptors (Lipinski definition) is 2. The monoisotopic (exact) mass is 216 g/mol. The zero-order valence-electron chi connectivity index (χ0n) is 7.93. The molecule has 0 aliphatic heterocycles. The fourth-order valence-corrected chi connectivity index (χ4v) is 1.19. The first kappa shape index (κ1) is 11.0. The largest absolute Gasteiger partial charge is 0.462 e. The van der Waals surface area contributed by atoms with Crippen LogP contribution in [0.15, 0.2) is 12.1 Å². The summed E-state index contributed by atoms with van der Waals surface area (Å²) in [6.45, 7) is 3.49. The Hall–Kier alpha value is -1.09. The maximum Gasteiger partial charge on any atom is 0.338 e. The highest BCUT2D eigenvalue weighted by Gasteiger charge is 2.11. The van der Waals surface area contributed by atoms with Gasteiger partial charge in [0.2, 0.25) is 0 Å². The molecule has 0 aliphatic rings. The average Bonchev–Trinajstić information content (AvgIpc) is 2.13. The van der Waals surface area contributed by atoms with Crippen LogP contribution in [0.3, 0.4) is 0 Å². The molecule has 1 rings (SSSR count). The molecule has 0 bridgehead atoms. The lowest BCUT2D eigenvalue weighted by Gasteiger charge is -2.04. The fraction of sp³-hybridized carbons (Fsp3) is 0.300. The molecule has 76 valence electrons. The zero-order chi connectivity index (χ0) is 10.7. The first-order chi connectivity index (χ1) is 6.56. The van der Waals surface area contributed by atoms with E-state index in [2.05, 4.69) is 0 Å². The third-order valence-corrected chi connectivity index (χ3v) is 2.18. The molecule has 0 fully saturated rings. The molecule has 2 nitrogen and oxygen atoms in total. The van der Waals surface area contributed by atoms with Gasteiger partial charge in [-0.15, -0.1) is 0 Å². The SMILES string of the molecule is CCOC(=O)c1cc(F)c(C)c(Cl)c1. The third-order valence-electron chi connectivity index (χ3n) is 1.79. The van der Waals surface area contributed by atoms with E-state index in [0.29, 0.717) is 5.56 Å². The topological polar surface area (TPSA) is 26.3 Å². The molecule has 4 heteroatoms. The lowest BCUT2D eigenvalue weighted by atomic mass is 10.1. The molecule has 0 atom stereocenters. The summed E-state index contributed by atoms with van der Waals surface area (Å²) in [4.78, 5) is 11.2. The van der Waals surface area contributed by atoms with Crippen molar-refractivity contribution in [2.75, 3.05) is 6.61 Å². The van der Waals surface area contributed by atoms with Gasteiger partial charge in [0.25, 0.3) is 0 Å². The number of esters is 1. The van der Waals surface area contributed by atoms with Gasteiger partial charge in [0.15, 0.2) is 0 Å². The molecular weight excluding hydrogens is 207 g/mol. The van der Waals surface area contributed by atoms with E-state index >= 15 is 0 Å². The van der Waals surface area contributed by atoms with E-state index in [1.807, 2.05) is 0 Å². The number of ether oxygens (including phenoxy) is 1. The van der Waals surface area contributed by atoms with Crippen molar-refractivity contribution in [2.45, 2.75) is 13.8 Å². The molecule has 1 aromatic rings. The molecule has 0 aliphatic carbocycles. The lowest BCUT2D eigenvalue weighted by molar-refractivity contribution is 0.0526. The minimum Gasteiger partial charge on any atom is -0.462 e. The summed E-state index contributed by atoms with van der Waals surface area (Å²) in [6.07, 6.45) is 0. The third kappa shape index (κ3) is 2.23. The summed E-state index contributed by atoms with van der Waals surface area (Å²) in [6, 6.07) is 2.52. The van der Waals surface area contributed by atoms with Gasteiger partial charge in [-0.05, 0) is 26.0 Å². The van der Waals surface area contributed by atoms with Crippen molar-refractivity contribution in [1.29, 1.82) is 0 Å². The minimum atomic E-state index is -0.562. The predicted octanol–water partition coefficient (Wildman–Crippen LogP) is 2.96. The van der Waals surface area contributed by atoms with Crippen LogP contribution >= 0.6 is 11.6 Å². The molecule has 0 amide bonds. The second kappa shape index (κ2) is 4.42. The Kier molecular flexibility index (Phi) is 3.47. The maximum atomic E-state index is 13.1. The van der Waals surface area contributed by atoms with Crippen LogP contribution in [0.4, 0.5) is 4.39 Å². The molecular formula is C10H10ClFO2. The summed E-state index contributed by atoms with van der Waals surface area (Å²) < 4.78 is 17.9. The van der Waals surface area contributed by atoms with Gasteiger partial charge in [0, 0.05) is 10.6 Å². The van der Waals surface area contributed by atoms with E-state index in [9.17, 15) is 9.18 Å². The summed E-state index contributed by atoms with van der Waals surface area (Å²) in [5, 5.41) is 0.230. The molecule has 0 radical (unpaired) electrons. The van der Waals surface area contributed by atoms with Gasteiger partial charge in [-0.25, -0.2) is 9.18 Å². The van der Waals surface area contributed by atoms with Gasteiger partial charge in [-0.1, -0.05) is 11.6 Å². The van der Waals surface area contributed by atoms with Gasteiger partial charge in [-0.2, -0.15) is 0 Å². The Balaban J connectivity index is 3.06. The highest BCUT2D eigenvalue weighted by Crippen LogP contribution is 2.20. The number of benzene rings is 1. The van der Waals surface area contributed by atoms with E-state index in [-0.39, 0.29) is 17.2 Å². The molecule has 0 aromatic heterocycles. The maximum absolute atomic E-state index is 13.1. The zero-order valence-corrected chi connectivity index (χ0v) is 8.69. The lowest BCUT2D eigenvalue weighted by Crippen LogP contribution is -2.05. The number of carbonyl (C=O) groups is 1. The normalized spacial score (nSPS) is 10.0. The quantitative estimate of drug-likeness (QED) is 0.711. The van der Waals surface area contributed by atoms with Gasteiger partial charge >= 0.3 is 5.97 Å². The van der Waals surface area contributed by atoms with E-state index < -0.39 is 11.8 Å². The standard InChI is InChI=1S/C10H10ClFO2/c1-3-14-10(13)7-4-8(11)6(2)9(12)5-7/h4-5H,3H2,1-2H3. The van der Waals surface area contributed by atoms with Crippen LogP contribution in [0.5, 0.6) is 0 Å². The number of hydrogen-bond donors (Lipinski definition) is 0. The fourth-order valence-electron chi connectivity index (χ4n) is 0.978. The number of rotatable bonds is 2. The van der Waals surface area contributed by atoms with Crippen LogP contribution in [0.25, 0.3) is 0 Å². The van der Waals surface area contributed by atoms with Gasteiger partial charge < -0.3 is 4.74 Å². The van der Waals surface area contributed by atoms with Crippen molar-refractivity contribution < 1.29 is 13.9 Å². The molecule has 0 unspecified atom stereocenters. The molecule has 0 spiro atoms. The first-order valence-electron chi connectivity index (χ1n) is 4.19. The highest BCUT2D eigenvalue weighted by molar-refractivity contribution is 6.31. The van der Waals surface area contributed by atoms with Crippen LogP contribution in [0.1, 0.15) is 22.8 Å². The summed E-state index contributed by atoms with van der Waals surface area (Å²) in [7, 11) is 0. The van der Waals surface area contributed by atoms with Gasteiger partial charge in [-0.3, -0.25) is 0 Å². The Labute approximate surface area is 86.6 Å². The first-order valence-corrected chi connectivity index (χ1v) is 4.56. The van der Waals surface area contributed by atoms with Crippen molar-refractivity contribution in [2.24, 2.45) is 0 Å². The second-order valence-electron chi connectivity index (χ2n) is 2.79. The Morgan fingerprint density at radius 3 is 2.71 bits per heavy atom. The Morgan fingerprint density at radius 2 is 2.21 bits per heavy atom. The minimum absolute atomic E-state index is 0.139. The molecule has 1 aromatic carbocycles. The van der Waals surface area contributed by atoms with E-state index in [4.69, 9.17) is 16.3 Å².